The molecule has 0 fully saturated rings. The number of para-hydroxylation sites is 1. The number of nitrogens with zero attached hydrogens (tertiary/aromatic N) is 2. The van der Waals surface area contributed by atoms with Gasteiger partial charge in [-0.05, 0) is 36.4 Å². The van der Waals surface area contributed by atoms with E-state index in [4.69, 9.17) is 4.74 Å². The summed E-state index contributed by atoms with van der Waals surface area (Å²) in [6.45, 7) is 0. The maximum Gasteiger partial charge on any atom is 0.276 e. The minimum Gasteiger partial charge on any atom is -0.497 e. The molecule has 1 heterocycles. The molecule has 0 radical (unpaired) electrons. The van der Waals surface area contributed by atoms with Crippen LogP contribution in [0.4, 0.5) is 17.1 Å². The Morgan fingerprint density at radius 1 is 1.00 bits per heavy atom. The summed E-state index contributed by atoms with van der Waals surface area (Å²) in [4.78, 5) is 18.4. The van der Waals surface area contributed by atoms with Gasteiger partial charge in [-0.25, -0.2) is 4.98 Å². The second kappa shape index (κ2) is 7.49. The van der Waals surface area contributed by atoms with Crippen molar-refractivity contribution in [3.8, 4) is 5.75 Å². The third kappa shape index (κ3) is 3.95. The van der Waals surface area contributed by atoms with Crippen molar-refractivity contribution in [2.24, 2.45) is 0 Å². The smallest absolute Gasteiger partial charge is 0.276 e. The molecule has 0 spiro atoms. The lowest BCUT2D eigenvalue weighted by Crippen LogP contribution is -2.26. The molecule has 3 aromatic rings. The van der Waals surface area contributed by atoms with Crippen molar-refractivity contribution in [3.05, 3.63) is 78.6 Å². The van der Waals surface area contributed by atoms with Crippen LogP contribution >= 0.6 is 0 Å². The van der Waals surface area contributed by atoms with Gasteiger partial charge >= 0.3 is 0 Å². The molecule has 126 valence electrons. The Morgan fingerprint density at radius 2 is 1.80 bits per heavy atom. The maximum absolute atomic E-state index is 12.5. The zero-order valence-corrected chi connectivity index (χ0v) is 14.1. The van der Waals surface area contributed by atoms with Crippen LogP contribution in [0.5, 0.6) is 5.75 Å². The molecule has 3 rings (SSSR count). The molecular weight excluding hydrogens is 314 g/mol. The molecule has 0 aliphatic rings. The SMILES string of the molecule is COc1cccc(Nc2ccc(C(=O)N(C)c3ccccc3)nc2)c1. The molecule has 1 amide bonds. The van der Waals surface area contributed by atoms with Crippen LogP contribution in [0.1, 0.15) is 10.5 Å². The largest absolute Gasteiger partial charge is 0.497 e. The van der Waals surface area contributed by atoms with Crippen LogP contribution in [-0.2, 0) is 0 Å². The van der Waals surface area contributed by atoms with Gasteiger partial charge in [-0.15, -0.1) is 0 Å². The summed E-state index contributed by atoms with van der Waals surface area (Å²) < 4.78 is 5.21. The third-order valence-electron chi connectivity index (χ3n) is 3.79. The predicted octanol–water partition coefficient (Wildman–Crippen LogP) is 4.11. The standard InChI is InChI=1S/C20H19N3O2/c1-23(17-8-4-3-5-9-17)20(24)19-12-11-16(14-21-19)22-15-7-6-10-18(13-15)25-2/h3-14,22H,1-2H3. The first-order valence-electron chi connectivity index (χ1n) is 7.87. The van der Waals surface area contributed by atoms with E-state index in [1.165, 1.54) is 0 Å². The van der Waals surface area contributed by atoms with Crippen molar-refractivity contribution in [1.29, 1.82) is 0 Å². The van der Waals surface area contributed by atoms with Crippen LogP contribution in [0.25, 0.3) is 0 Å². The van der Waals surface area contributed by atoms with Gasteiger partial charge in [0.15, 0.2) is 0 Å². The van der Waals surface area contributed by atoms with Gasteiger partial charge in [-0.3, -0.25) is 4.79 Å². The molecule has 2 aromatic carbocycles. The molecule has 1 aromatic heterocycles. The van der Waals surface area contributed by atoms with Crippen molar-refractivity contribution in [2.45, 2.75) is 0 Å². The summed E-state index contributed by atoms with van der Waals surface area (Å²) in [6.07, 6.45) is 1.64. The fourth-order valence-corrected chi connectivity index (χ4v) is 2.40. The van der Waals surface area contributed by atoms with E-state index in [1.54, 1.807) is 31.3 Å². The summed E-state index contributed by atoms with van der Waals surface area (Å²) in [6, 6.07) is 20.6. The summed E-state index contributed by atoms with van der Waals surface area (Å²) in [5.74, 6) is 0.619. The van der Waals surface area contributed by atoms with Gasteiger partial charge in [0.1, 0.15) is 11.4 Å². The Bertz CT molecular complexity index is 848. The second-order valence-corrected chi connectivity index (χ2v) is 5.49. The Hall–Kier alpha value is -3.34. The minimum absolute atomic E-state index is 0.154. The highest BCUT2D eigenvalue weighted by molar-refractivity contribution is 6.04. The first kappa shape index (κ1) is 16.5. The Morgan fingerprint density at radius 3 is 2.48 bits per heavy atom. The number of benzene rings is 2. The van der Waals surface area contributed by atoms with Crippen LogP contribution in [0, 0.1) is 0 Å². The van der Waals surface area contributed by atoms with Crippen molar-refractivity contribution < 1.29 is 9.53 Å². The van der Waals surface area contributed by atoms with E-state index in [2.05, 4.69) is 10.3 Å². The van der Waals surface area contributed by atoms with Crippen LogP contribution in [0.15, 0.2) is 72.9 Å². The van der Waals surface area contributed by atoms with Crippen LogP contribution in [-0.4, -0.2) is 25.0 Å². The average Bonchev–Trinajstić information content (AvgIpc) is 2.68. The molecule has 0 unspecified atom stereocenters. The molecule has 5 heteroatoms. The van der Waals surface area contributed by atoms with E-state index in [1.807, 2.05) is 60.7 Å². The van der Waals surface area contributed by atoms with Crippen molar-refractivity contribution in [2.75, 3.05) is 24.4 Å². The summed E-state index contributed by atoms with van der Waals surface area (Å²) in [5, 5.41) is 3.24. The number of anilines is 3. The van der Waals surface area contributed by atoms with Gasteiger partial charge < -0.3 is 15.0 Å². The number of hydrogen-bond acceptors (Lipinski definition) is 4. The Kier molecular flexibility index (Phi) is 4.95. The number of amides is 1. The molecule has 0 atom stereocenters. The second-order valence-electron chi connectivity index (χ2n) is 5.49. The van der Waals surface area contributed by atoms with Gasteiger partial charge in [0.2, 0.25) is 0 Å². The molecule has 0 saturated carbocycles. The van der Waals surface area contributed by atoms with Crippen molar-refractivity contribution in [3.63, 3.8) is 0 Å². The normalized spacial score (nSPS) is 10.2. The van der Waals surface area contributed by atoms with E-state index in [9.17, 15) is 4.79 Å². The van der Waals surface area contributed by atoms with E-state index in [-0.39, 0.29) is 5.91 Å². The molecule has 0 saturated heterocycles. The molecule has 25 heavy (non-hydrogen) atoms. The lowest BCUT2D eigenvalue weighted by Gasteiger charge is -2.17. The number of carbonyl (C=O) groups is 1. The average molecular weight is 333 g/mol. The highest BCUT2D eigenvalue weighted by atomic mass is 16.5. The lowest BCUT2D eigenvalue weighted by atomic mass is 10.2. The first-order valence-corrected chi connectivity index (χ1v) is 7.87. The fourth-order valence-electron chi connectivity index (χ4n) is 2.40. The number of rotatable bonds is 5. The number of aromatic nitrogens is 1. The van der Waals surface area contributed by atoms with Gasteiger partial charge in [0.05, 0.1) is 19.0 Å². The summed E-state index contributed by atoms with van der Waals surface area (Å²) >= 11 is 0. The minimum atomic E-state index is -0.154. The number of carbonyl (C=O) groups excluding carboxylic acids is 1. The number of hydrogen-bond donors (Lipinski definition) is 1. The van der Waals surface area contributed by atoms with E-state index < -0.39 is 0 Å². The summed E-state index contributed by atoms with van der Waals surface area (Å²) in [7, 11) is 3.37. The number of nitrogens with one attached hydrogen (secondary N) is 1. The first-order chi connectivity index (χ1) is 12.2. The van der Waals surface area contributed by atoms with Crippen molar-refractivity contribution >= 4 is 23.0 Å². The molecule has 0 aliphatic carbocycles. The van der Waals surface area contributed by atoms with E-state index in [0.717, 1.165) is 22.8 Å². The zero-order chi connectivity index (χ0) is 17.6. The Balaban J connectivity index is 1.72. The summed E-state index contributed by atoms with van der Waals surface area (Å²) in [5.41, 5.74) is 2.91. The fraction of sp³-hybridized carbons (Fsp3) is 0.100. The van der Waals surface area contributed by atoms with Gasteiger partial charge in [-0.2, -0.15) is 0 Å². The van der Waals surface area contributed by atoms with Crippen LogP contribution < -0.4 is 15.0 Å². The molecule has 0 bridgehead atoms. The number of pyridine rings is 1. The monoisotopic (exact) mass is 333 g/mol. The third-order valence-corrected chi connectivity index (χ3v) is 3.79. The van der Waals surface area contributed by atoms with E-state index in [0.29, 0.717) is 5.69 Å². The topological polar surface area (TPSA) is 54.5 Å². The number of ether oxygens (including phenoxy) is 1. The van der Waals surface area contributed by atoms with Crippen LogP contribution in [0.2, 0.25) is 0 Å². The lowest BCUT2D eigenvalue weighted by molar-refractivity contribution is 0.0988. The molecule has 5 nitrogen and oxygen atoms in total. The van der Waals surface area contributed by atoms with Gasteiger partial charge in [0.25, 0.3) is 5.91 Å². The van der Waals surface area contributed by atoms with Gasteiger partial charge in [0, 0.05) is 24.5 Å². The Labute approximate surface area is 146 Å². The zero-order valence-electron chi connectivity index (χ0n) is 14.1. The predicted molar refractivity (Wildman–Crippen MR) is 99.7 cm³/mol. The van der Waals surface area contributed by atoms with Crippen LogP contribution in [0.3, 0.4) is 0 Å². The highest BCUT2D eigenvalue weighted by Crippen LogP contribution is 2.21. The quantitative estimate of drug-likeness (QED) is 0.763. The maximum atomic E-state index is 12.5. The molecule has 0 aliphatic heterocycles. The van der Waals surface area contributed by atoms with Crippen molar-refractivity contribution in [1.82, 2.24) is 4.98 Å². The van der Waals surface area contributed by atoms with Gasteiger partial charge in [-0.1, -0.05) is 24.3 Å². The molecular formula is C20H19N3O2. The highest BCUT2D eigenvalue weighted by Gasteiger charge is 2.14. The number of methoxy groups -OCH3 is 1. The molecule has 1 N–H and O–H groups in total. The van der Waals surface area contributed by atoms with E-state index >= 15 is 0 Å².